The van der Waals surface area contributed by atoms with Crippen molar-refractivity contribution in [3.8, 4) is 0 Å². The fourth-order valence-electron chi connectivity index (χ4n) is 2.33. The van der Waals surface area contributed by atoms with Crippen molar-refractivity contribution in [1.29, 1.82) is 0 Å². The molecule has 1 N–H and O–H groups in total. The average molecular weight is 332 g/mol. The molecule has 2 aliphatic rings. The van der Waals surface area contributed by atoms with E-state index in [0.29, 0.717) is 13.0 Å². The number of aliphatic imine (C=N–C) groups is 1. The fourth-order valence-corrected chi connectivity index (χ4v) is 2.80. The van der Waals surface area contributed by atoms with Gasteiger partial charge in [0.05, 0.1) is 5.69 Å². The van der Waals surface area contributed by atoms with Crippen LogP contribution in [0.25, 0.3) is 6.08 Å². The first kappa shape index (κ1) is 13.2. The zero-order valence-electron chi connectivity index (χ0n) is 10.9. The summed E-state index contributed by atoms with van der Waals surface area (Å²) in [6.45, 7) is 0.627. The summed E-state index contributed by atoms with van der Waals surface area (Å²) < 4.78 is 0.983. The molecule has 1 aliphatic carbocycles. The highest BCUT2D eigenvalue weighted by atomic mass is 79.9. The van der Waals surface area contributed by atoms with E-state index in [1.54, 1.807) is 6.20 Å². The third-order valence-corrected chi connectivity index (χ3v) is 4.09. The Morgan fingerprint density at radius 3 is 3.10 bits per heavy atom. The van der Waals surface area contributed by atoms with Crippen LogP contribution >= 0.6 is 15.9 Å². The summed E-state index contributed by atoms with van der Waals surface area (Å²) in [6.07, 6.45) is 9.82. The predicted molar refractivity (Wildman–Crippen MR) is 82.4 cm³/mol. The second-order valence-electron chi connectivity index (χ2n) is 4.79. The van der Waals surface area contributed by atoms with Crippen LogP contribution in [-0.4, -0.2) is 23.1 Å². The van der Waals surface area contributed by atoms with Crippen molar-refractivity contribution < 1.29 is 4.79 Å². The minimum Gasteiger partial charge on any atom is -0.352 e. The van der Waals surface area contributed by atoms with Crippen molar-refractivity contribution in [2.75, 3.05) is 6.54 Å². The Labute approximate surface area is 125 Å². The maximum Gasteiger partial charge on any atom is 0.247 e. The molecule has 0 atom stereocenters. The molecule has 20 heavy (non-hydrogen) atoms. The standard InChI is InChI=1S/C15H14BrN3O/c16-13-4-7-18-14-9-10(8-12(13)14)15(20)19-6-3-11-2-1-5-17-11/h1,4-5,7-8H,2-3,6,9H2,(H,19,20). The van der Waals surface area contributed by atoms with Crippen LogP contribution < -0.4 is 5.32 Å². The number of carbonyl (C=O) groups is 1. The van der Waals surface area contributed by atoms with Crippen molar-refractivity contribution >= 4 is 33.6 Å². The maximum atomic E-state index is 12.1. The molecule has 0 saturated carbocycles. The molecule has 5 heteroatoms. The quantitative estimate of drug-likeness (QED) is 0.922. The van der Waals surface area contributed by atoms with Gasteiger partial charge in [0.1, 0.15) is 0 Å². The SMILES string of the molecule is O=C(NCCC1=NC=CC1)C1=Cc2c(Br)ccnc2C1. The smallest absolute Gasteiger partial charge is 0.247 e. The summed E-state index contributed by atoms with van der Waals surface area (Å²) in [5, 5.41) is 2.95. The summed E-state index contributed by atoms with van der Waals surface area (Å²) in [5.74, 6) is -0.0125. The fraction of sp³-hybridized carbons (Fsp3) is 0.267. The first-order valence-electron chi connectivity index (χ1n) is 6.57. The van der Waals surface area contributed by atoms with Gasteiger partial charge in [-0.05, 0) is 12.1 Å². The number of hydrogen-bond acceptors (Lipinski definition) is 3. The lowest BCUT2D eigenvalue weighted by Gasteiger charge is -2.05. The lowest BCUT2D eigenvalue weighted by molar-refractivity contribution is -0.117. The van der Waals surface area contributed by atoms with Crippen LogP contribution in [0, 0.1) is 0 Å². The normalized spacial score (nSPS) is 15.8. The van der Waals surface area contributed by atoms with Gasteiger partial charge in [0.15, 0.2) is 0 Å². The Hall–Kier alpha value is -1.75. The molecular weight excluding hydrogens is 318 g/mol. The van der Waals surface area contributed by atoms with Gasteiger partial charge in [-0.1, -0.05) is 22.0 Å². The number of nitrogens with one attached hydrogen (secondary N) is 1. The van der Waals surface area contributed by atoms with Gasteiger partial charge in [-0.25, -0.2) is 0 Å². The van der Waals surface area contributed by atoms with Crippen molar-refractivity contribution in [2.45, 2.75) is 19.3 Å². The molecule has 0 fully saturated rings. The van der Waals surface area contributed by atoms with Crippen LogP contribution in [0.4, 0.5) is 0 Å². The van der Waals surface area contributed by atoms with Gasteiger partial charge in [-0.2, -0.15) is 0 Å². The van der Waals surface area contributed by atoms with Crippen LogP contribution in [0.5, 0.6) is 0 Å². The average Bonchev–Trinajstić information content (AvgIpc) is 3.07. The van der Waals surface area contributed by atoms with Gasteiger partial charge in [0.25, 0.3) is 0 Å². The van der Waals surface area contributed by atoms with E-state index < -0.39 is 0 Å². The second kappa shape index (κ2) is 5.71. The lowest BCUT2D eigenvalue weighted by atomic mass is 10.2. The molecule has 0 radical (unpaired) electrons. The van der Waals surface area contributed by atoms with Crippen molar-refractivity contribution in [2.24, 2.45) is 4.99 Å². The molecule has 0 aromatic carbocycles. The second-order valence-corrected chi connectivity index (χ2v) is 5.64. The number of pyridine rings is 1. The topological polar surface area (TPSA) is 54.4 Å². The molecule has 102 valence electrons. The molecular formula is C15H14BrN3O. The minimum atomic E-state index is -0.0125. The first-order chi connectivity index (χ1) is 9.74. The van der Waals surface area contributed by atoms with E-state index in [4.69, 9.17) is 0 Å². The zero-order valence-corrected chi connectivity index (χ0v) is 12.5. The van der Waals surface area contributed by atoms with E-state index in [1.807, 2.05) is 24.4 Å². The number of halogens is 1. The van der Waals surface area contributed by atoms with Crippen molar-refractivity contribution in [1.82, 2.24) is 10.3 Å². The van der Waals surface area contributed by atoms with Gasteiger partial charge in [-0.3, -0.25) is 14.8 Å². The lowest BCUT2D eigenvalue weighted by Crippen LogP contribution is -2.27. The van der Waals surface area contributed by atoms with Crippen molar-refractivity contribution in [3.05, 3.63) is 45.8 Å². The van der Waals surface area contributed by atoms with Gasteiger partial charge in [0.2, 0.25) is 5.91 Å². The van der Waals surface area contributed by atoms with E-state index in [2.05, 4.69) is 31.2 Å². The number of rotatable bonds is 4. The zero-order chi connectivity index (χ0) is 13.9. The number of nitrogens with zero attached hydrogens (tertiary/aromatic N) is 2. The Morgan fingerprint density at radius 1 is 1.45 bits per heavy atom. The number of fused-ring (bicyclic) bond motifs is 1. The Balaban J connectivity index is 1.57. The molecule has 4 nitrogen and oxygen atoms in total. The maximum absolute atomic E-state index is 12.1. The van der Waals surface area contributed by atoms with Crippen LogP contribution in [0.3, 0.4) is 0 Å². The third kappa shape index (κ3) is 2.72. The molecule has 1 aromatic heterocycles. The van der Waals surface area contributed by atoms with Gasteiger partial charge in [-0.15, -0.1) is 0 Å². The van der Waals surface area contributed by atoms with Gasteiger partial charge >= 0.3 is 0 Å². The summed E-state index contributed by atoms with van der Waals surface area (Å²) in [7, 11) is 0. The molecule has 0 saturated heterocycles. The van der Waals surface area contributed by atoms with Gasteiger partial charge in [0, 0.05) is 59.5 Å². The Bertz CT molecular complexity index is 647. The summed E-state index contributed by atoms with van der Waals surface area (Å²) in [5.41, 5.74) is 3.86. The summed E-state index contributed by atoms with van der Waals surface area (Å²) in [4.78, 5) is 20.7. The van der Waals surface area contributed by atoms with E-state index >= 15 is 0 Å². The molecule has 0 unspecified atom stereocenters. The third-order valence-electron chi connectivity index (χ3n) is 3.40. The number of aromatic nitrogens is 1. The monoisotopic (exact) mass is 331 g/mol. The molecule has 2 heterocycles. The molecule has 1 aromatic rings. The highest BCUT2D eigenvalue weighted by Gasteiger charge is 2.20. The van der Waals surface area contributed by atoms with Crippen LogP contribution in [-0.2, 0) is 11.2 Å². The van der Waals surface area contributed by atoms with E-state index in [0.717, 1.165) is 39.9 Å². The minimum absolute atomic E-state index is 0.0125. The number of allylic oxidation sites excluding steroid dienone is 1. The molecule has 1 amide bonds. The van der Waals surface area contributed by atoms with Crippen LogP contribution in [0.2, 0.25) is 0 Å². The number of hydrogen-bond donors (Lipinski definition) is 1. The predicted octanol–water partition coefficient (Wildman–Crippen LogP) is 2.65. The first-order valence-corrected chi connectivity index (χ1v) is 7.36. The Kier molecular flexibility index (Phi) is 3.78. The molecule has 1 aliphatic heterocycles. The molecule has 0 spiro atoms. The van der Waals surface area contributed by atoms with E-state index in [1.165, 1.54) is 0 Å². The summed E-state index contributed by atoms with van der Waals surface area (Å²) >= 11 is 3.48. The van der Waals surface area contributed by atoms with Crippen LogP contribution in [0.15, 0.2) is 39.6 Å². The van der Waals surface area contributed by atoms with Gasteiger partial charge < -0.3 is 5.32 Å². The number of carbonyl (C=O) groups excluding carboxylic acids is 1. The van der Waals surface area contributed by atoms with E-state index in [-0.39, 0.29) is 5.91 Å². The molecule has 0 bridgehead atoms. The highest BCUT2D eigenvalue weighted by molar-refractivity contribution is 9.10. The largest absolute Gasteiger partial charge is 0.352 e. The summed E-state index contributed by atoms with van der Waals surface area (Å²) in [6, 6.07) is 1.89. The van der Waals surface area contributed by atoms with Crippen molar-refractivity contribution in [3.63, 3.8) is 0 Å². The van der Waals surface area contributed by atoms with Crippen LogP contribution in [0.1, 0.15) is 24.1 Å². The number of amides is 1. The Morgan fingerprint density at radius 2 is 2.35 bits per heavy atom. The highest BCUT2D eigenvalue weighted by Crippen LogP contribution is 2.29. The molecule has 3 rings (SSSR count). The van der Waals surface area contributed by atoms with E-state index in [9.17, 15) is 4.79 Å².